The van der Waals surface area contributed by atoms with Crippen molar-refractivity contribution in [1.29, 1.82) is 0 Å². The standard InChI is InChI=1S/C14H17BF3NO3/c1-9-4-2-5-10-8-11(15(21)22-13(9)10)19-12(20)6-3-7-14(16,17)18/h2,4-5,11,21H,3,6-8H2,1H3,(H,19,20)/t11-/m0/s1. The van der Waals surface area contributed by atoms with Crippen molar-refractivity contribution in [2.45, 2.75) is 44.7 Å². The molecule has 0 spiro atoms. The second-order valence-electron chi connectivity index (χ2n) is 5.42. The molecule has 2 N–H and O–H groups in total. The van der Waals surface area contributed by atoms with Crippen LogP contribution in [0.15, 0.2) is 18.2 Å². The second kappa shape index (κ2) is 6.60. The molecule has 0 fully saturated rings. The normalized spacial score (nSPS) is 17.7. The second-order valence-corrected chi connectivity index (χ2v) is 5.42. The molecular weight excluding hydrogens is 298 g/mol. The number of amides is 1. The first-order chi connectivity index (χ1) is 10.3. The summed E-state index contributed by atoms with van der Waals surface area (Å²) in [5.41, 5.74) is 1.73. The van der Waals surface area contributed by atoms with Crippen LogP contribution >= 0.6 is 0 Å². The molecule has 2 rings (SSSR count). The van der Waals surface area contributed by atoms with Crippen LogP contribution in [-0.4, -0.2) is 30.2 Å². The number of para-hydroxylation sites is 1. The molecule has 1 aliphatic rings. The maximum atomic E-state index is 12.0. The molecular formula is C14H17BF3NO3. The lowest BCUT2D eigenvalue weighted by atomic mass is 9.72. The van der Waals surface area contributed by atoms with Gasteiger partial charge in [-0.05, 0) is 30.9 Å². The maximum Gasteiger partial charge on any atom is 0.547 e. The van der Waals surface area contributed by atoms with Gasteiger partial charge in [0.05, 0.1) is 5.94 Å². The number of rotatable bonds is 4. The van der Waals surface area contributed by atoms with Crippen LogP contribution < -0.4 is 9.97 Å². The van der Waals surface area contributed by atoms with Gasteiger partial charge in [0.25, 0.3) is 0 Å². The molecule has 1 aromatic rings. The van der Waals surface area contributed by atoms with E-state index < -0.39 is 31.6 Å². The Hall–Kier alpha value is -1.70. The maximum absolute atomic E-state index is 12.0. The SMILES string of the molecule is Cc1cccc2c1OB(O)[C@@H](NC(=O)CCCC(F)(F)F)C2. The van der Waals surface area contributed by atoms with E-state index in [1.807, 2.05) is 25.1 Å². The Morgan fingerprint density at radius 2 is 2.23 bits per heavy atom. The minimum Gasteiger partial charge on any atom is -0.534 e. The minimum atomic E-state index is -4.26. The van der Waals surface area contributed by atoms with Gasteiger partial charge in [0, 0.05) is 12.8 Å². The van der Waals surface area contributed by atoms with E-state index in [-0.39, 0.29) is 12.8 Å². The van der Waals surface area contributed by atoms with Gasteiger partial charge in [-0.1, -0.05) is 18.2 Å². The highest BCUT2D eigenvalue weighted by Gasteiger charge is 2.36. The molecule has 0 saturated carbocycles. The molecule has 1 aromatic carbocycles. The lowest BCUT2D eigenvalue weighted by molar-refractivity contribution is -0.137. The molecule has 0 bridgehead atoms. The van der Waals surface area contributed by atoms with Crippen molar-refractivity contribution in [2.24, 2.45) is 0 Å². The zero-order chi connectivity index (χ0) is 16.3. The van der Waals surface area contributed by atoms with Crippen molar-refractivity contribution in [3.05, 3.63) is 29.3 Å². The van der Waals surface area contributed by atoms with Gasteiger partial charge in [0.1, 0.15) is 5.75 Å². The Bertz CT molecular complexity index is 551. The number of hydrogen-bond acceptors (Lipinski definition) is 3. The summed E-state index contributed by atoms with van der Waals surface area (Å²) in [4.78, 5) is 11.7. The molecule has 1 aliphatic heterocycles. The van der Waals surface area contributed by atoms with Gasteiger partial charge < -0.3 is 15.0 Å². The van der Waals surface area contributed by atoms with Crippen LogP contribution in [0, 0.1) is 6.92 Å². The first kappa shape index (κ1) is 16.7. The van der Waals surface area contributed by atoms with E-state index in [0.29, 0.717) is 12.2 Å². The van der Waals surface area contributed by atoms with E-state index in [1.165, 1.54) is 0 Å². The fourth-order valence-electron chi connectivity index (χ4n) is 2.43. The van der Waals surface area contributed by atoms with Gasteiger partial charge in [-0.15, -0.1) is 0 Å². The number of carbonyl (C=O) groups is 1. The zero-order valence-corrected chi connectivity index (χ0v) is 12.1. The fourth-order valence-corrected chi connectivity index (χ4v) is 2.43. The molecule has 1 amide bonds. The highest BCUT2D eigenvalue weighted by Crippen LogP contribution is 2.29. The van der Waals surface area contributed by atoms with E-state index in [4.69, 9.17) is 4.65 Å². The van der Waals surface area contributed by atoms with Crippen molar-refractivity contribution in [3.63, 3.8) is 0 Å². The number of halogens is 3. The third-order valence-corrected chi connectivity index (χ3v) is 3.53. The van der Waals surface area contributed by atoms with Crippen molar-refractivity contribution < 1.29 is 27.6 Å². The monoisotopic (exact) mass is 315 g/mol. The number of alkyl halides is 3. The van der Waals surface area contributed by atoms with Crippen molar-refractivity contribution in [2.75, 3.05) is 0 Å². The molecule has 0 aliphatic carbocycles. The summed E-state index contributed by atoms with van der Waals surface area (Å²) in [7, 11) is -1.21. The molecule has 0 aromatic heterocycles. The molecule has 1 heterocycles. The predicted molar refractivity (Wildman–Crippen MR) is 75.3 cm³/mol. The molecule has 120 valence electrons. The summed E-state index contributed by atoms with van der Waals surface area (Å²) in [6.45, 7) is 1.85. The zero-order valence-electron chi connectivity index (χ0n) is 12.1. The molecule has 1 atom stereocenters. The first-order valence-corrected chi connectivity index (χ1v) is 7.05. The van der Waals surface area contributed by atoms with Gasteiger partial charge in [0.15, 0.2) is 0 Å². The first-order valence-electron chi connectivity index (χ1n) is 7.05. The Morgan fingerprint density at radius 3 is 2.91 bits per heavy atom. The van der Waals surface area contributed by atoms with Crippen molar-refractivity contribution in [1.82, 2.24) is 5.32 Å². The number of nitrogens with one attached hydrogen (secondary N) is 1. The van der Waals surface area contributed by atoms with Crippen LogP contribution in [0.3, 0.4) is 0 Å². The van der Waals surface area contributed by atoms with Crippen molar-refractivity contribution in [3.8, 4) is 5.75 Å². The molecule has 0 saturated heterocycles. The van der Waals surface area contributed by atoms with Gasteiger partial charge in [-0.25, -0.2) is 0 Å². The third-order valence-electron chi connectivity index (χ3n) is 3.53. The number of carbonyl (C=O) groups excluding carboxylic acids is 1. The van der Waals surface area contributed by atoms with Gasteiger partial charge in [-0.3, -0.25) is 4.79 Å². The number of fused-ring (bicyclic) bond motifs is 1. The van der Waals surface area contributed by atoms with Gasteiger partial charge in [-0.2, -0.15) is 13.2 Å². The largest absolute Gasteiger partial charge is 0.547 e. The average molecular weight is 315 g/mol. The fraction of sp³-hybridized carbons (Fsp3) is 0.500. The Labute approximate surface area is 126 Å². The molecule has 0 unspecified atom stereocenters. The highest BCUT2D eigenvalue weighted by atomic mass is 19.4. The smallest absolute Gasteiger partial charge is 0.534 e. The third kappa shape index (κ3) is 4.40. The lowest BCUT2D eigenvalue weighted by Crippen LogP contribution is -2.53. The quantitative estimate of drug-likeness (QED) is 0.837. The number of hydrogen-bond donors (Lipinski definition) is 2. The Balaban J connectivity index is 1.90. The molecule has 22 heavy (non-hydrogen) atoms. The summed E-state index contributed by atoms with van der Waals surface area (Å²) in [6.07, 6.45) is -5.38. The van der Waals surface area contributed by atoms with Crippen LogP contribution in [0.4, 0.5) is 13.2 Å². The minimum absolute atomic E-state index is 0.233. The van der Waals surface area contributed by atoms with E-state index in [0.717, 1.165) is 11.1 Å². The van der Waals surface area contributed by atoms with E-state index >= 15 is 0 Å². The van der Waals surface area contributed by atoms with E-state index in [1.54, 1.807) is 0 Å². The number of aryl methyl sites for hydroxylation is 1. The van der Waals surface area contributed by atoms with Crippen LogP contribution in [0.1, 0.15) is 30.4 Å². The molecule has 0 radical (unpaired) electrons. The number of benzene rings is 1. The lowest BCUT2D eigenvalue weighted by Gasteiger charge is -2.29. The summed E-state index contributed by atoms with van der Waals surface area (Å²) >= 11 is 0. The Kier molecular flexibility index (Phi) is 5.00. The summed E-state index contributed by atoms with van der Waals surface area (Å²) in [6, 6.07) is 5.52. The van der Waals surface area contributed by atoms with E-state index in [9.17, 15) is 23.0 Å². The Morgan fingerprint density at radius 1 is 1.50 bits per heavy atom. The van der Waals surface area contributed by atoms with Crippen LogP contribution in [0.2, 0.25) is 0 Å². The highest BCUT2D eigenvalue weighted by molar-refractivity contribution is 6.46. The molecule has 4 nitrogen and oxygen atoms in total. The average Bonchev–Trinajstić information content (AvgIpc) is 2.39. The van der Waals surface area contributed by atoms with Gasteiger partial charge >= 0.3 is 13.3 Å². The summed E-state index contributed by atoms with van der Waals surface area (Å²) in [5, 5.41) is 12.5. The summed E-state index contributed by atoms with van der Waals surface area (Å²) in [5.74, 6) is -0.585. The topological polar surface area (TPSA) is 58.6 Å². The van der Waals surface area contributed by atoms with Crippen LogP contribution in [0.25, 0.3) is 0 Å². The summed E-state index contributed by atoms with van der Waals surface area (Å²) < 4.78 is 41.5. The van der Waals surface area contributed by atoms with Crippen molar-refractivity contribution >= 4 is 13.0 Å². The van der Waals surface area contributed by atoms with Gasteiger partial charge in [0.2, 0.25) is 5.91 Å². The molecule has 8 heteroatoms. The predicted octanol–water partition coefficient (Wildman–Crippen LogP) is 2.17. The van der Waals surface area contributed by atoms with Crippen LogP contribution in [-0.2, 0) is 11.2 Å². The van der Waals surface area contributed by atoms with E-state index in [2.05, 4.69) is 5.32 Å². The van der Waals surface area contributed by atoms with Crippen LogP contribution in [0.5, 0.6) is 5.75 Å².